The van der Waals surface area contributed by atoms with Crippen LogP contribution in [0, 0.1) is 5.92 Å². The molecule has 2 aliphatic rings. The van der Waals surface area contributed by atoms with Crippen molar-refractivity contribution in [3.05, 3.63) is 35.4 Å². The summed E-state index contributed by atoms with van der Waals surface area (Å²) in [5, 5.41) is 4.13. The molecule has 0 N–H and O–H groups in total. The zero-order chi connectivity index (χ0) is 20.4. The monoisotopic (exact) mass is 407 g/mol. The molecule has 0 unspecified atom stereocenters. The van der Waals surface area contributed by atoms with Gasteiger partial charge in [0.05, 0.1) is 17.9 Å². The van der Waals surface area contributed by atoms with Crippen LogP contribution in [-0.2, 0) is 24.4 Å². The third-order valence-electron chi connectivity index (χ3n) is 5.67. The van der Waals surface area contributed by atoms with E-state index in [4.69, 9.17) is 0 Å². The van der Waals surface area contributed by atoms with Crippen molar-refractivity contribution in [3.63, 3.8) is 0 Å². The number of rotatable bonds is 6. The van der Waals surface area contributed by atoms with Crippen molar-refractivity contribution in [2.75, 3.05) is 6.54 Å². The van der Waals surface area contributed by atoms with Gasteiger partial charge in [0.2, 0.25) is 11.8 Å². The molecule has 9 heteroatoms. The molecular formula is C20H24F3N5O. The maximum atomic E-state index is 13.5. The van der Waals surface area contributed by atoms with Gasteiger partial charge in [0.25, 0.3) is 5.95 Å². The van der Waals surface area contributed by atoms with Crippen LogP contribution in [0.5, 0.6) is 0 Å². The molecule has 1 aliphatic carbocycles. The summed E-state index contributed by atoms with van der Waals surface area (Å²) in [4.78, 5) is 22.8. The first-order chi connectivity index (χ1) is 13.9. The molecule has 1 aliphatic heterocycles. The molecule has 2 aromatic rings. The SMILES string of the molecule is O=C1CCCN1Cc1cc(CC2CCC(F)(F)CC2)nc(-n2ccc(CF)n2)n1. The number of aromatic nitrogens is 4. The number of hydrogen-bond donors (Lipinski definition) is 0. The van der Waals surface area contributed by atoms with Gasteiger partial charge >= 0.3 is 0 Å². The summed E-state index contributed by atoms with van der Waals surface area (Å²) in [6.07, 6.45) is 4.27. The number of alkyl halides is 3. The zero-order valence-corrected chi connectivity index (χ0v) is 16.2. The zero-order valence-electron chi connectivity index (χ0n) is 16.2. The lowest BCUT2D eigenvalue weighted by Gasteiger charge is -2.28. The number of carbonyl (C=O) groups is 1. The Morgan fingerprint density at radius 2 is 1.90 bits per heavy atom. The predicted octanol–water partition coefficient (Wildman–Crippen LogP) is 3.62. The minimum atomic E-state index is -2.56. The van der Waals surface area contributed by atoms with Crippen LogP contribution in [0.1, 0.15) is 55.6 Å². The highest BCUT2D eigenvalue weighted by molar-refractivity contribution is 5.77. The Morgan fingerprint density at radius 3 is 2.55 bits per heavy atom. The van der Waals surface area contributed by atoms with Crippen molar-refractivity contribution in [2.24, 2.45) is 5.92 Å². The summed E-state index contributed by atoms with van der Waals surface area (Å²) < 4.78 is 41.2. The quantitative estimate of drug-likeness (QED) is 0.734. The molecule has 1 amide bonds. The Labute approximate surface area is 167 Å². The predicted molar refractivity (Wildman–Crippen MR) is 99.2 cm³/mol. The fourth-order valence-corrected chi connectivity index (χ4v) is 4.04. The van der Waals surface area contributed by atoms with Gasteiger partial charge in [-0.15, -0.1) is 0 Å². The van der Waals surface area contributed by atoms with Gasteiger partial charge in [-0.25, -0.2) is 27.8 Å². The molecule has 3 heterocycles. The van der Waals surface area contributed by atoms with Crippen LogP contribution < -0.4 is 0 Å². The molecule has 0 atom stereocenters. The van der Waals surface area contributed by atoms with Gasteiger partial charge < -0.3 is 4.90 Å². The third-order valence-corrected chi connectivity index (χ3v) is 5.67. The lowest BCUT2D eigenvalue weighted by Crippen LogP contribution is -2.26. The minimum Gasteiger partial charge on any atom is -0.337 e. The van der Waals surface area contributed by atoms with Crippen LogP contribution in [-0.4, -0.2) is 43.0 Å². The van der Waals surface area contributed by atoms with Crippen molar-refractivity contribution < 1.29 is 18.0 Å². The molecule has 2 fully saturated rings. The van der Waals surface area contributed by atoms with Gasteiger partial charge in [-0.2, -0.15) is 5.10 Å². The highest BCUT2D eigenvalue weighted by Gasteiger charge is 2.35. The number of nitrogens with zero attached hydrogens (tertiary/aromatic N) is 5. The Morgan fingerprint density at radius 1 is 1.14 bits per heavy atom. The molecule has 0 aromatic carbocycles. The Balaban J connectivity index is 1.58. The first-order valence-corrected chi connectivity index (χ1v) is 10.1. The molecule has 0 radical (unpaired) electrons. The average molecular weight is 407 g/mol. The first-order valence-electron chi connectivity index (χ1n) is 10.1. The van der Waals surface area contributed by atoms with E-state index < -0.39 is 12.6 Å². The van der Waals surface area contributed by atoms with Crippen molar-refractivity contribution >= 4 is 5.91 Å². The Kier molecular flexibility index (Phi) is 5.56. The van der Waals surface area contributed by atoms with Crippen LogP contribution in [0.15, 0.2) is 18.3 Å². The molecule has 0 bridgehead atoms. The van der Waals surface area contributed by atoms with E-state index in [0.29, 0.717) is 50.4 Å². The second kappa shape index (κ2) is 8.12. The van der Waals surface area contributed by atoms with Gasteiger partial charge in [-0.05, 0) is 43.7 Å². The van der Waals surface area contributed by atoms with Crippen molar-refractivity contribution in [3.8, 4) is 5.95 Å². The number of amides is 1. The smallest absolute Gasteiger partial charge is 0.251 e. The number of likely N-dealkylation sites (tertiary alicyclic amines) is 1. The lowest BCUT2D eigenvalue weighted by atomic mass is 9.84. The van der Waals surface area contributed by atoms with E-state index >= 15 is 0 Å². The van der Waals surface area contributed by atoms with Crippen molar-refractivity contribution in [1.82, 2.24) is 24.6 Å². The summed E-state index contributed by atoms with van der Waals surface area (Å²) in [6.45, 7) is 0.387. The topological polar surface area (TPSA) is 63.9 Å². The van der Waals surface area contributed by atoms with Gasteiger partial charge in [-0.3, -0.25) is 4.79 Å². The van der Waals surface area contributed by atoms with E-state index in [1.807, 2.05) is 6.07 Å². The lowest BCUT2D eigenvalue weighted by molar-refractivity contribution is -0.128. The molecule has 6 nitrogen and oxygen atoms in total. The molecule has 29 heavy (non-hydrogen) atoms. The summed E-state index contributed by atoms with van der Waals surface area (Å²) in [6, 6.07) is 3.41. The summed E-state index contributed by atoms with van der Waals surface area (Å²) >= 11 is 0. The Bertz CT molecular complexity index is 875. The summed E-state index contributed by atoms with van der Waals surface area (Å²) in [5.41, 5.74) is 1.70. The van der Waals surface area contributed by atoms with Crippen LogP contribution in [0.4, 0.5) is 13.2 Å². The Hall–Kier alpha value is -2.45. The molecule has 4 rings (SSSR count). The van der Waals surface area contributed by atoms with E-state index in [0.717, 1.165) is 12.1 Å². The number of halogens is 3. The molecule has 0 spiro atoms. The van der Waals surface area contributed by atoms with Gasteiger partial charge in [0, 0.05) is 37.7 Å². The highest BCUT2D eigenvalue weighted by atomic mass is 19.3. The van der Waals surface area contributed by atoms with Gasteiger partial charge in [0.15, 0.2) is 0 Å². The maximum absolute atomic E-state index is 13.5. The fourth-order valence-electron chi connectivity index (χ4n) is 4.04. The fraction of sp³-hybridized carbons (Fsp3) is 0.600. The van der Waals surface area contributed by atoms with Crippen molar-refractivity contribution in [2.45, 2.75) is 64.1 Å². The van der Waals surface area contributed by atoms with E-state index in [9.17, 15) is 18.0 Å². The van der Waals surface area contributed by atoms with Crippen LogP contribution >= 0.6 is 0 Å². The van der Waals surface area contributed by atoms with Crippen LogP contribution in [0.25, 0.3) is 5.95 Å². The summed E-state index contributed by atoms with van der Waals surface area (Å²) in [5.74, 6) is -2.02. The van der Waals surface area contributed by atoms with Gasteiger partial charge in [-0.1, -0.05) is 0 Å². The highest BCUT2D eigenvalue weighted by Crippen LogP contribution is 2.37. The van der Waals surface area contributed by atoms with E-state index in [2.05, 4.69) is 15.1 Å². The van der Waals surface area contributed by atoms with Crippen LogP contribution in [0.2, 0.25) is 0 Å². The van der Waals surface area contributed by atoms with Crippen molar-refractivity contribution in [1.29, 1.82) is 0 Å². The number of hydrogen-bond acceptors (Lipinski definition) is 4. The van der Waals surface area contributed by atoms with Gasteiger partial charge in [0.1, 0.15) is 6.67 Å². The summed E-state index contributed by atoms with van der Waals surface area (Å²) in [7, 11) is 0. The minimum absolute atomic E-state index is 0.0935. The largest absolute Gasteiger partial charge is 0.337 e. The second-order valence-electron chi connectivity index (χ2n) is 7.96. The van der Waals surface area contributed by atoms with E-state index in [1.165, 1.54) is 4.68 Å². The second-order valence-corrected chi connectivity index (χ2v) is 7.96. The van der Waals surface area contributed by atoms with Crippen LogP contribution in [0.3, 0.4) is 0 Å². The molecular weight excluding hydrogens is 383 g/mol. The maximum Gasteiger partial charge on any atom is 0.251 e. The van der Waals surface area contributed by atoms with E-state index in [-0.39, 0.29) is 30.4 Å². The molecule has 156 valence electrons. The molecule has 1 saturated heterocycles. The average Bonchev–Trinajstić information content (AvgIpc) is 3.33. The molecule has 2 aromatic heterocycles. The standard InChI is InChI=1S/C20H24F3N5O/c21-12-15-5-9-28(26-15)19-24-16(10-14-3-6-20(22,23)7-4-14)11-17(25-19)13-27-8-1-2-18(27)29/h5,9,11,14H,1-4,6-8,10,12-13H2. The third kappa shape index (κ3) is 4.76. The molecule has 1 saturated carbocycles. The first kappa shape index (κ1) is 19.8. The normalized spacial score (nSPS) is 19.8. The number of carbonyl (C=O) groups excluding carboxylic acids is 1. The van der Waals surface area contributed by atoms with E-state index in [1.54, 1.807) is 17.2 Å².